The Morgan fingerprint density at radius 3 is 2.32 bits per heavy atom. The molecule has 2 aliphatic heterocycles. The number of benzene rings is 2. The minimum atomic E-state index is -3.75. The van der Waals surface area contributed by atoms with E-state index in [4.69, 9.17) is 4.74 Å². The number of aromatic carboxylic acids is 1. The summed E-state index contributed by atoms with van der Waals surface area (Å²) >= 11 is 0. The molecule has 7 nitrogen and oxygen atoms in total. The molecule has 0 bridgehead atoms. The van der Waals surface area contributed by atoms with Crippen LogP contribution in [0.2, 0.25) is 0 Å². The highest BCUT2D eigenvalue weighted by molar-refractivity contribution is 7.89. The van der Waals surface area contributed by atoms with E-state index in [0.29, 0.717) is 24.2 Å². The van der Waals surface area contributed by atoms with Gasteiger partial charge in [-0.05, 0) is 29.8 Å². The number of carboxylic acids is 1. The van der Waals surface area contributed by atoms with E-state index in [1.807, 2.05) is 0 Å². The maximum atomic E-state index is 12.9. The second-order valence-corrected chi connectivity index (χ2v) is 9.04. The first-order valence-electron chi connectivity index (χ1n) is 8.94. The van der Waals surface area contributed by atoms with Crippen molar-refractivity contribution >= 4 is 21.8 Å². The molecule has 0 saturated carbocycles. The molecule has 2 aliphatic rings. The second kappa shape index (κ2) is 6.72. The zero-order chi connectivity index (χ0) is 19.9. The average Bonchev–Trinajstić information content (AvgIpc) is 2.68. The Hall–Kier alpha value is -2.71. The number of hydrogen-bond donors (Lipinski definition) is 0. The maximum absolute atomic E-state index is 12.9. The molecule has 0 atom stereocenters. The zero-order valence-corrected chi connectivity index (χ0v) is 15.8. The number of hydrogen-bond acceptors (Lipinski definition) is 6. The lowest BCUT2D eigenvalue weighted by Gasteiger charge is -2.43. The van der Waals surface area contributed by atoms with Gasteiger partial charge >= 0.3 is 0 Å². The van der Waals surface area contributed by atoms with Gasteiger partial charge in [-0.1, -0.05) is 24.3 Å². The molecule has 0 aromatic heterocycles. The van der Waals surface area contributed by atoms with Crippen molar-refractivity contribution in [2.45, 2.75) is 29.8 Å². The SMILES string of the molecule is O=C([O-])c1ccc(S(=O)(=O)N2CCC3(CC2)CC(=O)c2ccccc2O3)cc1. The van der Waals surface area contributed by atoms with E-state index in [9.17, 15) is 23.1 Å². The fourth-order valence-corrected chi connectivity index (χ4v) is 5.21. The summed E-state index contributed by atoms with van der Waals surface area (Å²) in [6.45, 7) is 0.444. The number of ketones is 1. The molecule has 0 unspecified atom stereocenters. The Labute approximate surface area is 162 Å². The van der Waals surface area contributed by atoms with E-state index in [0.717, 1.165) is 0 Å². The van der Waals surface area contributed by atoms with Gasteiger partial charge in [-0.25, -0.2) is 8.42 Å². The van der Waals surface area contributed by atoms with Crippen LogP contribution in [0, 0.1) is 0 Å². The summed E-state index contributed by atoms with van der Waals surface area (Å²) < 4.78 is 33.2. The van der Waals surface area contributed by atoms with Gasteiger partial charge in [0.05, 0.1) is 22.8 Å². The molecule has 28 heavy (non-hydrogen) atoms. The number of rotatable bonds is 3. The predicted octanol–water partition coefficient (Wildman–Crippen LogP) is 1.24. The molecule has 2 heterocycles. The van der Waals surface area contributed by atoms with Crippen LogP contribution in [0.4, 0.5) is 0 Å². The highest BCUT2D eigenvalue weighted by Gasteiger charge is 2.44. The van der Waals surface area contributed by atoms with Gasteiger partial charge in [0.1, 0.15) is 11.4 Å². The predicted molar refractivity (Wildman–Crippen MR) is 97.5 cm³/mol. The van der Waals surface area contributed by atoms with Crippen LogP contribution in [-0.2, 0) is 10.0 Å². The van der Waals surface area contributed by atoms with Crippen LogP contribution in [0.1, 0.15) is 40.0 Å². The number of fused-ring (bicyclic) bond motifs is 1. The van der Waals surface area contributed by atoms with Crippen molar-refractivity contribution in [3.05, 3.63) is 59.7 Å². The van der Waals surface area contributed by atoms with E-state index in [-0.39, 0.29) is 35.8 Å². The Kier molecular flexibility index (Phi) is 4.47. The normalized spacial score (nSPS) is 19.1. The third-order valence-corrected chi connectivity index (χ3v) is 7.27. The van der Waals surface area contributed by atoms with Crippen LogP contribution in [0.5, 0.6) is 5.75 Å². The number of piperidine rings is 1. The third kappa shape index (κ3) is 3.18. The molecular formula is C20H18NO6S-. The fraction of sp³-hybridized carbons (Fsp3) is 0.300. The molecule has 8 heteroatoms. The van der Waals surface area contributed by atoms with E-state index in [1.165, 1.54) is 28.6 Å². The van der Waals surface area contributed by atoms with Gasteiger partial charge in [0, 0.05) is 25.9 Å². The first-order valence-corrected chi connectivity index (χ1v) is 10.4. The van der Waals surface area contributed by atoms with Crippen LogP contribution < -0.4 is 9.84 Å². The molecule has 0 aliphatic carbocycles. The van der Waals surface area contributed by atoms with Crippen LogP contribution in [0.25, 0.3) is 0 Å². The topological polar surface area (TPSA) is 104 Å². The number of carbonyl (C=O) groups excluding carboxylic acids is 2. The summed E-state index contributed by atoms with van der Waals surface area (Å²) in [7, 11) is -3.75. The number of para-hydroxylation sites is 1. The number of carboxylic acid groups (broad SMARTS) is 1. The highest BCUT2D eigenvalue weighted by atomic mass is 32.2. The lowest BCUT2D eigenvalue weighted by atomic mass is 9.83. The summed E-state index contributed by atoms with van der Waals surface area (Å²) in [6, 6.07) is 12.1. The lowest BCUT2D eigenvalue weighted by molar-refractivity contribution is -0.255. The van der Waals surface area contributed by atoms with Crippen molar-refractivity contribution < 1.29 is 27.9 Å². The number of carbonyl (C=O) groups is 2. The quantitative estimate of drug-likeness (QED) is 0.768. The zero-order valence-electron chi connectivity index (χ0n) is 15.0. The van der Waals surface area contributed by atoms with Crippen molar-refractivity contribution in [2.75, 3.05) is 13.1 Å². The van der Waals surface area contributed by atoms with Crippen molar-refractivity contribution in [1.82, 2.24) is 4.31 Å². The third-order valence-electron chi connectivity index (χ3n) is 5.36. The van der Waals surface area contributed by atoms with Crippen LogP contribution in [-0.4, -0.2) is 43.2 Å². The number of ether oxygens (including phenoxy) is 1. The Morgan fingerprint density at radius 1 is 1.04 bits per heavy atom. The van der Waals surface area contributed by atoms with Gasteiger partial charge in [0.15, 0.2) is 5.78 Å². The van der Waals surface area contributed by atoms with Crippen LogP contribution >= 0.6 is 0 Å². The smallest absolute Gasteiger partial charge is 0.243 e. The molecule has 4 rings (SSSR count). The highest BCUT2D eigenvalue weighted by Crippen LogP contribution is 2.40. The summed E-state index contributed by atoms with van der Waals surface area (Å²) in [5, 5.41) is 10.8. The van der Waals surface area contributed by atoms with Crippen molar-refractivity contribution in [1.29, 1.82) is 0 Å². The molecule has 1 saturated heterocycles. The maximum Gasteiger partial charge on any atom is 0.243 e. The van der Waals surface area contributed by atoms with Crippen LogP contribution in [0.15, 0.2) is 53.4 Å². The summed E-state index contributed by atoms with van der Waals surface area (Å²) in [6.07, 6.45) is 1.05. The summed E-state index contributed by atoms with van der Waals surface area (Å²) in [4.78, 5) is 23.3. The van der Waals surface area contributed by atoms with Gasteiger partial charge in [-0.2, -0.15) is 4.31 Å². The Balaban J connectivity index is 1.51. The number of Topliss-reactive ketones (excluding diaryl/α,β-unsaturated/α-hetero) is 1. The van der Waals surface area contributed by atoms with Gasteiger partial charge in [-0.3, -0.25) is 4.79 Å². The minimum absolute atomic E-state index is 0.0102. The molecule has 1 spiro atoms. The largest absolute Gasteiger partial charge is 0.545 e. The Morgan fingerprint density at radius 2 is 1.68 bits per heavy atom. The second-order valence-electron chi connectivity index (χ2n) is 7.10. The molecule has 1 fully saturated rings. The fourth-order valence-electron chi connectivity index (χ4n) is 3.77. The molecule has 2 aromatic rings. The van der Waals surface area contributed by atoms with E-state index in [1.54, 1.807) is 24.3 Å². The van der Waals surface area contributed by atoms with Crippen molar-refractivity contribution in [3.8, 4) is 5.75 Å². The first-order chi connectivity index (χ1) is 13.3. The summed E-state index contributed by atoms with van der Waals surface area (Å²) in [5.41, 5.74) is -0.198. The first kappa shape index (κ1) is 18.6. The van der Waals surface area contributed by atoms with Crippen molar-refractivity contribution in [2.24, 2.45) is 0 Å². The van der Waals surface area contributed by atoms with Crippen LogP contribution in [0.3, 0.4) is 0 Å². The van der Waals surface area contributed by atoms with Gasteiger partial charge < -0.3 is 14.6 Å². The van der Waals surface area contributed by atoms with E-state index in [2.05, 4.69) is 0 Å². The molecule has 0 amide bonds. The standard InChI is InChI=1S/C20H19NO6S/c22-17-13-20(27-18-4-2-1-3-16(17)18)9-11-21(12-10-20)28(25,26)15-7-5-14(6-8-15)19(23)24/h1-8H,9-13H2,(H,23,24)/p-1. The molecular weight excluding hydrogens is 382 g/mol. The molecule has 0 radical (unpaired) electrons. The minimum Gasteiger partial charge on any atom is -0.545 e. The lowest BCUT2D eigenvalue weighted by Crippen LogP contribution is -2.52. The van der Waals surface area contributed by atoms with Gasteiger partial charge in [0.2, 0.25) is 10.0 Å². The van der Waals surface area contributed by atoms with Gasteiger partial charge in [-0.15, -0.1) is 0 Å². The van der Waals surface area contributed by atoms with Crippen molar-refractivity contribution in [3.63, 3.8) is 0 Å². The van der Waals surface area contributed by atoms with E-state index >= 15 is 0 Å². The number of sulfonamides is 1. The Bertz CT molecular complexity index is 1040. The molecule has 2 aromatic carbocycles. The monoisotopic (exact) mass is 400 g/mol. The molecule has 0 N–H and O–H groups in total. The number of nitrogens with zero attached hydrogens (tertiary/aromatic N) is 1. The van der Waals surface area contributed by atoms with E-state index < -0.39 is 21.6 Å². The summed E-state index contributed by atoms with van der Waals surface area (Å²) in [5.74, 6) is -0.799. The van der Waals surface area contributed by atoms with Gasteiger partial charge in [0.25, 0.3) is 0 Å². The molecule has 146 valence electrons. The average molecular weight is 400 g/mol.